The second-order valence-corrected chi connectivity index (χ2v) is 35.0. The molecule has 1 unspecified atom stereocenters. The summed E-state index contributed by atoms with van der Waals surface area (Å²) in [6, 6.07) is 22.2. The zero-order valence-electron chi connectivity index (χ0n) is 35.0. The number of halogens is 2. The van der Waals surface area contributed by atoms with Crippen LogP contribution in [0.5, 0.6) is 0 Å². The number of rotatable bonds is 6. The summed E-state index contributed by atoms with van der Waals surface area (Å²) < 4.78 is 12.1. The number of hydrogen-bond acceptors (Lipinski definition) is 0. The summed E-state index contributed by atoms with van der Waals surface area (Å²) in [7, 11) is 0. The molecule has 0 saturated heterocycles. The van der Waals surface area contributed by atoms with E-state index in [1.165, 1.54) is 95.0 Å². The number of hydrogen-bond donors (Lipinski definition) is 0. The van der Waals surface area contributed by atoms with Crippen molar-refractivity contribution in [2.75, 3.05) is 0 Å². The average molecular weight is 851 g/mol. The zero-order valence-corrected chi connectivity index (χ0v) is 39.1. The Labute approximate surface area is 345 Å². The molecule has 8 aliphatic carbocycles. The van der Waals surface area contributed by atoms with Crippen LogP contribution in [0.3, 0.4) is 0 Å². The fraction of sp³-hybridized carbons (Fsp3) is 0.481. The maximum atomic E-state index is 5.88. The van der Waals surface area contributed by atoms with Crippen molar-refractivity contribution in [2.45, 2.75) is 129 Å². The summed E-state index contributed by atoms with van der Waals surface area (Å²) in [5, 5.41) is 0. The third kappa shape index (κ3) is 5.26. The van der Waals surface area contributed by atoms with Gasteiger partial charge in [-0.05, 0) is 0 Å². The molecule has 55 heavy (non-hydrogen) atoms. The minimum absolute atomic E-state index is 0. The first kappa shape index (κ1) is 39.8. The predicted octanol–water partition coefficient (Wildman–Crippen LogP) is 14.2. The van der Waals surface area contributed by atoms with Crippen LogP contribution < -0.4 is 3.27 Å². The Morgan fingerprint density at radius 2 is 1.29 bits per heavy atom. The normalized spacial score (nSPS) is 29.0. The second-order valence-electron chi connectivity index (χ2n) is 21.0. The fourth-order valence-corrected chi connectivity index (χ4v) is 35.1. The molecule has 0 aromatic heterocycles. The summed E-state index contributed by atoms with van der Waals surface area (Å²) in [5.74, 6) is 3.42. The van der Waals surface area contributed by atoms with Gasteiger partial charge in [0.2, 0.25) is 0 Å². The van der Waals surface area contributed by atoms with Gasteiger partial charge in [0.25, 0.3) is 0 Å². The average Bonchev–Trinajstić information content (AvgIpc) is 3.73. The molecule has 290 valence electrons. The fourth-order valence-electron chi connectivity index (χ4n) is 15.6. The molecule has 3 aromatic rings. The van der Waals surface area contributed by atoms with Crippen LogP contribution in [0.25, 0.3) is 22.3 Å². The van der Waals surface area contributed by atoms with E-state index in [4.69, 9.17) is 4.21 Å². The first-order valence-corrected chi connectivity index (χ1v) is 28.5. The van der Waals surface area contributed by atoms with Crippen LogP contribution in [-0.4, -0.2) is 4.21 Å². The van der Waals surface area contributed by atoms with Gasteiger partial charge in [0, 0.05) is 0 Å². The zero-order chi connectivity index (χ0) is 37.1. The molecule has 4 fully saturated rings. The van der Waals surface area contributed by atoms with E-state index in [-0.39, 0.29) is 35.6 Å². The van der Waals surface area contributed by atoms with Crippen molar-refractivity contribution in [1.82, 2.24) is 0 Å². The molecule has 0 spiro atoms. The minimum atomic E-state index is -4.52. The number of benzene rings is 3. The Bertz CT molecular complexity index is 2320. The van der Waals surface area contributed by atoms with E-state index in [0.29, 0.717) is 11.3 Å². The Kier molecular flexibility index (Phi) is 9.20. The van der Waals surface area contributed by atoms with Gasteiger partial charge in [-0.15, -0.1) is 24.8 Å². The van der Waals surface area contributed by atoms with E-state index in [0.717, 1.165) is 28.3 Å². The summed E-state index contributed by atoms with van der Waals surface area (Å²) >= 11 is -4.52. The molecule has 0 nitrogen and oxygen atoms in total. The molecule has 0 radical (unpaired) electrons. The van der Waals surface area contributed by atoms with Gasteiger partial charge in [0.15, 0.2) is 0 Å². The molecule has 8 aliphatic rings. The van der Waals surface area contributed by atoms with Crippen molar-refractivity contribution in [3.63, 3.8) is 0 Å². The molecule has 0 N–H and O–H groups in total. The van der Waals surface area contributed by atoms with Gasteiger partial charge in [-0.3, -0.25) is 0 Å². The van der Waals surface area contributed by atoms with Gasteiger partial charge in [-0.2, -0.15) is 0 Å². The molecule has 4 bridgehead atoms. The molecule has 1 atom stereocenters. The monoisotopic (exact) mass is 848 g/mol. The molecule has 0 heterocycles. The van der Waals surface area contributed by atoms with E-state index in [2.05, 4.69) is 129 Å². The van der Waals surface area contributed by atoms with Crippen molar-refractivity contribution >= 4 is 43.4 Å². The van der Waals surface area contributed by atoms with E-state index < -0.39 is 18.3 Å². The molecular weight excluding hydrogens is 787 g/mol. The molecule has 3 aromatic carbocycles. The molecule has 0 aliphatic heterocycles. The van der Waals surface area contributed by atoms with Crippen LogP contribution >= 0.6 is 24.8 Å². The van der Waals surface area contributed by atoms with Crippen molar-refractivity contribution in [3.05, 3.63) is 118 Å². The standard InChI is InChI=1S/C25H25.C18H25.C6H5.C2H5.CH2.2ClH.Zr/c1-14-12-24(3,4)22-8-16-7-17-9-23-19(15(2)13-25(23,5)6)11-21(17)20(16)10-18(14)22;1-12-3-13(2)17(4-12)11-18-8-14-5-15(9-18)7-16(6-14)10-18;1-2-4-6-5-3-1;1-2;;;;/h8-12H,7H2,1-6H3;4,12,14-16H,5-11H2,1-2H3;1-5H;1H2,2H3;1H2;2*1H;. The van der Waals surface area contributed by atoms with E-state index in [9.17, 15) is 0 Å². The molecular formula is C52H64Cl2Zr. The van der Waals surface area contributed by atoms with Gasteiger partial charge in [0.05, 0.1) is 0 Å². The van der Waals surface area contributed by atoms with Crippen LogP contribution in [0.1, 0.15) is 141 Å². The van der Waals surface area contributed by atoms with Gasteiger partial charge >= 0.3 is 324 Å². The van der Waals surface area contributed by atoms with Crippen LogP contribution in [0.15, 0.2) is 84.5 Å². The quantitative estimate of drug-likeness (QED) is 0.181. The van der Waals surface area contributed by atoms with Gasteiger partial charge < -0.3 is 0 Å². The predicted molar refractivity (Wildman–Crippen MR) is 240 cm³/mol. The van der Waals surface area contributed by atoms with Gasteiger partial charge in [0.1, 0.15) is 0 Å². The van der Waals surface area contributed by atoms with E-state index in [1.54, 1.807) is 26.5 Å². The first-order valence-electron chi connectivity index (χ1n) is 21.3. The second kappa shape index (κ2) is 12.7. The SMILES string of the molecule is Cl.Cl.[CH2]=[Zr]([CH2]C)([C]1=C(C)C(CC23CC4CC(CC(C4)C2)C3)=CC1C)([C]1=C(C)c2cc3c(cc2C1(C)C)Cc1cc2c(cc1-3)C(C)=CC2(C)C)[c]1ccccc1. The molecule has 3 heteroatoms. The number of allylic oxidation sites excluding steroid dienone is 8. The summed E-state index contributed by atoms with van der Waals surface area (Å²) in [4.78, 5) is 0. The third-order valence-electron chi connectivity index (χ3n) is 17.0. The van der Waals surface area contributed by atoms with Gasteiger partial charge in [-0.1, -0.05) is 0 Å². The first-order chi connectivity index (χ1) is 25.1. The Morgan fingerprint density at radius 3 is 1.87 bits per heavy atom. The van der Waals surface area contributed by atoms with Crippen molar-refractivity contribution in [3.8, 4) is 11.1 Å². The van der Waals surface area contributed by atoms with Crippen molar-refractivity contribution in [2.24, 2.45) is 29.1 Å². The Morgan fingerprint density at radius 1 is 0.727 bits per heavy atom. The number of fused-ring (bicyclic) bond motifs is 5. The van der Waals surface area contributed by atoms with Crippen LogP contribution in [-0.2, 0) is 35.5 Å². The van der Waals surface area contributed by atoms with Crippen molar-refractivity contribution in [1.29, 1.82) is 0 Å². The Hall–Kier alpha value is -2.05. The van der Waals surface area contributed by atoms with E-state index >= 15 is 0 Å². The molecule has 4 saturated carbocycles. The van der Waals surface area contributed by atoms with Crippen LogP contribution in [0, 0.1) is 29.1 Å². The van der Waals surface area contributed by atoms with Crippen molar-refractivity contribution < 1.29 is 18.3 Å². The topological polar surface area (TPSA) is 0 Å². The summed E-state index contributed by atoms with van der Waals surface area (Å²) in [5.41, 5.74) is 18.8. The summed E-state index contributed by atoms with van der Waals surface area (Å²) in [6.07, 6.45) is 16.6. The van der Waals surface area contributed by atoms with Gasteiger partial charge in [-0.25, -0.2) is 0 Å². The summed E-state index contributed by atoms with van der Waals surface area (Å²) in [6.45, 7) is 22.3. The molecule has 11 rings (SSSR count). The molecule has 0 amide bonds. The third-order valence-corrected chi connectivity index (χ3v) is 35.7. The Balaban J connectivity index is 0.00000214. The van der Waals surface area contributed by atoms with E-state index in [1.807, 2.05) is 0 Å². The van der Waals surface area contributed by atoms with Crippen LogP contribution in [0.2, 0.25) is 4.13 Å². The van der Waals surface area contributed by atoms with Crippen LogP contribution in [0.4, 0.5) is 0 Å². The maximum absolute atomic E-state index is 5.88.